The molecule has 3 N–H and O–H groups in total. The predicted molar refractivity (Wildman–Crippen MR) is 61.4 cm³/mol. The molecule has 0 spiro atoms. The highest BCUT2D eigenvalue weighted by atomic mass is 32.1. The molecular weight excluding hydrogens is 210 g/mol. The van der Waals surface area contributed by atoms with E-state index in [1.165, 1.54) is 11.3 Å². The van der Waals surface area contributed by atoms with Crippen LogP contribution in [-0.4, -0.2) is 16.9 Å². The average Bonchev–Trinajstić information content (AvgIpc) is 2.63. The molecule has 0 aliphatic rings. The number of aromatic nitrogens is 1. The van der Waals surface area contributed by atoms with Crippen molar-refractivity contribution in [2.45, 2.75) is 33.4 Å². The third-order valence-electron chi connectivity index (χ3n) is 2.14. The van der Waals surface area contributed by atoms with E-state index in [0.717, 1.165) is 5.69 Å². The van der Waals surface area contributed by atoms with Crippen LogP contribution >= 0.6 is 11.3 Å². The molecule has 1 aromatic rings. The van der Waals surface area contributed by atoms with Gasteiger partial charge in [-0.25, -0.2) is 4.98 Å². The average molecular weight is 227 g/mol. The zero-order chi connectivity index (χ0) is 11.5. The minimum atomic E-state index is -0.490. The number of carbonyl (C=O) groups excluding carboxylic acids is 1. The lowest BCUT2D eigenvalue weighted by molar-refractivity contribution is -0.124. The van der Waals surface area contributed by atoms with Crippen molar-refractivity contribution in [3.05, 3.63) is 16.6 Å². The Labute approximate surface area is 93.9 Å². The summed E-state index contributed by atoms with van der Waals surface area (Å²) in [6.07, 6.45) is 0. The van der Waals surface area contributed by atoms with Gasteiger partial charge < -0.3 is 11.1 Å². The highest BCUT2D eigenvalue weighted by molar-refractivity contribution is 7.07. The third-order valence-corrected chi connectivity index (χ3v) is 2.78. The summed E-state index contributed by atoms with van der Waals surface area (Å²) in [5, 5.41) is 4.68. The number of nitrogens with two attached hydrogens (primary N) is 1. The Hall–Kier alpha value is -0.940. The second kappa shape index (κ2) is 4.72. The van der Waals surface area contributed by atoms with Gasteiger partial charge in [0.2, 0.25) is 5.91 Å². The molecule has 84 valence electrons. The van der Waals surface area contributed by atoms with Gasteiger partial charge in [-0.3, -0.25) is 4.79 Å². The van der Waals surface area contributed by atoms with Gasteiger partial charge in [0.25, 0.3) is 0 Å². The van der Waals surface area contributed by atoms with Gasteiger partial charge in [0, 0.05) is 5.38 Å². The smallest absolute Gasteiger partial charge is 0.237 e. The Morgan fingerprint density at radius 3 is 2.80 bits per heavy atom. The SMILES string of the molecule is CC(C)(C)C(N)C(=O)NCc1cscn1. The fourth-order valence-corrected chi connectivity index (χ4v) is 1.56. The highest BCUT2D eigenvalue weighted by Gasteiger charge is 2.27. The van der Waals surface area contributed by atoms with Crippen LogP contribution in [-0.2, 0) is 11.3 Å². The fourth-order valence-electron chi connectivity index (χ4n) is 1.01. The molecule has 1 heterocycles. The van der Waals surface area contributed by atoms with E-state index in [-0.39, 0.29) is 11.3 Å². The molecule has 1 atom stereocenters. The topological polar surface area (TPSA) is 68.0 Å². The summed E-state index contributed by atoms with van der Waals surface area (Å²) in [6.45, 7) is 6.28. The Morgan fingerprint density at radius 2 is 2.33 bits per heavy atom. The number of rotatable bonds is 3. The molecule has 0 saturated carbocycles. The normalized spacial score (nSPS) is 13.6. The maximum Gasteiger partial charge on any atom is 0.237 e. The molecular formula is C10H17N3OS. The van der Waals surface area contributed by atoms with Gasteiger partial charge in [0.1, 0.15) is 0 Å². The molecule has 1 unspecified atom stereocenters. The minimum Gasteiger partial charge on any atom is -0.349 e. The standard InChI is InChI=1S/C10H17N3OS/c1-10(2,3)8(11)9(14)12-4-7-5-15-6-13-7/h5-6,8H,4,11H2,1-3H3,(H,12,14). The van der Waals surface area contributed by atoms with E-state index < -0.39 is 6.04 Å². The third kappa shape index (κ3) is 3.60. The summed E-state index contributed by atoms with van der Waals surface area (Å²) in [6, 6.07) is -0.490. The number of nitrogens with one attached hydrogen (secondary N) is 1. The highest BCUT2D eigenvalue weighted by Crippen LogP contribution is 2.17. The van der Waals surface area contributed by atoms with Crippen molar-refractivity contribution in [1.29, 1.82) is 0 Å². The Morgan fingerprint density at radius 1 is 1.67 bits per heavy atom. The molecule has 5 heteroatoms. The number of hydrogen-bond acceptors (Lipinski definition) is 4. The fraction of sp³-hybridized carbons (Fsp3) is 0.600. The summed E-state index contributed by atoms with van der Waals surface area (Å²) in [7, 11) is 0. The molecule has 15 heavy (non-hydrogen) atoms. The largest absolute Gasteiger partial charge is 0.349 e. The molecule has 0 aromatic carbocycles. The minimum absolute atomic E-state index is 0.129. The van der Waals surface area contributed by atoms with Crippen LogP contribution in [0.15, 0.2) is 10.9 Å². The van der Waals surface area contributed by atoms with Crippen molar-refractivity contribution >= 4 is 17.2 Å². The molecule has 0 fully saturated rings. The lowest BCUT2D eigenvalue weighted by atomic mass is 9.87. The maximum absolute atomic E-state index is 11.6. The van der Waals surface area contributed by atoms with Crippen molar-refractivity contribution in [2.75, 3.05) is 0 Å². The van der Waals surface area contributed by atoms with Crippen LogP contribution in [0.2, 0.25) is 0 Å². The maximum atomic E-state index is 11.6. The quantitative estimate of drug-likeness (QED) is 0.813. The summed E-state index contributed by atoms with van der Waals surface area (Å²) < 4.78 is 0. The monoisotopic (exact) mass is 227 g/mol. The number of thiazole rings is 1. The summed E-state index contributed by atoms with van der Waals surface area (Å²) in [5.41, 5.74) is 8.20. The van der Waals surface area contributed by atoms with Crippen molar-refractivity contribution < 1.29 is 4.79 Å². The van der Waals surface area contributed by atoms with Gasteiger partial charge in [-0.2, -0.15) is 0 Å². The van der Waals surface area contributed by atoms with Crippen LogP contribution in [0.5, 0.6) is 0 Å². The van der Waals surface area contributed by atoms with Crippen molar-refractivity contribution in [1.82, 2.24) is 10.3 Å². The van der Waals surface area contributed by atoms with Crippen LogP contribution in [0.25, 0.3) is 0 Å². The summed E-state index contributed by atoms with van der Waals surface area (Å²) in [4.78, 5) is 15.7. The van der Waals surface area contributed by atoms with E-state index >= 15 is 0 Å². The van der Waals surface area contributed by atoms with Crippen LogP contribution in [0.4, 0.5) is 0 Å². The molecule has 4 nitrogen and oxygen atoms in total. The molecule has 1 aromatic heterocycles. The summed E-state index contributed by atoms with van der Waals surface area (Å²) >= 11 is 1.51. The Bertz CT molecular complexity index is 316. The van der Waals surface area contributed by atoms with E-state index in [1.807, 2.05) is 26.2 Å². The van der Waals surface area contributed by atoms with E-state index in [9.17, 15) is 4.79 Å². The first-order valence-corrected chi connectivity index (χ1v) is 5.76. The van der Waals surface area contributed by atoms with Gasteiger partial charge in [-0.1, -0.05) is 20.8 Å². The molecule has 0 radical (unpaired) electrons. The van der Waals surface area contributed by atoms with Crippen molar-refractivity contribution in [3.63, 3.8) is 0 Å². The number of nitrogens with zero attached hydrogens (tertiary/aromatic N) is 1. The first kappa shape index (κ1) is 12.1. The molecule has 0 aliphatic heterocycles. The molecule has 0 aliphatic carbocycles. The summed E-state index contributed by atoms with van der Waals surface area (Å²) in [5.74, 6) is -0.129. The van der Waals surface area contributed by atoms with E-state index in [4.69, 9.17) is 5.73 Å². The van der Waals surface area contributed by atoms with E-state index in [2.05, 4.69) is 10.3 Å². The van der Waals surface area contributed by atoms with Gasteiger partial charge in [0.15, 0.2) is 0 Å². The zero-order valence-electron chi connectivity index (χ0n) is 9.28. The second-order valence-corrected chi connectivity index (χ2v) is 5.26. The van der Waals surface area contributed by atoms with E-state index in [1.54, 1.807) is 5.51 Å². The molecule has 1 amide bonds. The second-order valence-electron chi connectivity index (χ2n) is 4.54. The van der Waals surface area contributed by atoms with E-state index in [0.29, 0.717) is 6.54 Å². The number of hydrogen-bond donors (Lipinski definition) is 2. The van der Waals surface area contributed by atoms with Crippen molar-refractivity contribution in [3.8, 4) is 0 Å². The van der Waals surface area contributed by atoms with Gasteiger partial charge >= 0.3 is 0 Å². The first-order chi connectivity index (χ1) is 6.91. The van der Waals surface area contributed by atoms with Gasteiger partial charge in [-0.15, -0.1) is 11.3 Å². The zero-order valence-corrected chi connectivity index (χ0v) is 10.1. The van der Waals surface area contributed by atoms with Crippen LogP contribution in [0, 0.1) is 5.41 Å². The van der Waals surface area contributed by atoms with Gasteiger partial charge in [-0.05, 0) is 5.41 Å². The van der Waals surface area contributed by atoms with Crippen molar-refractivity contribution in [2.24, 2.45) is 11.1 Å². The van der Waals surface area contributed by atoms with Crippen LogP contribution in [0.3, 0.4) is 0 Å². The number of carbonyl (C=O) groups is 1. The van der Waals surface area contributed by atoms with Crippen LogP contribution in [0.1, 0.15) is 26.5 Å². The number of amides is 1. The molecule has 0 bridgehead atoms. The van der Waals surface area contributed by atoms with Gasteiger partial charge in [0.05, 0.1) is 23.8 Å². The predicted octanol–water partition coefficient (Wildman–Crippen LogP) is 1.13. The molecule has 1 rings (SSSR count). The first-order valence-electron chi connectivity index (χ1n) is 4.81. The lowest BCUT2D eigenvalue weighted by Crippen LogP contribution is -2.48. The Balaban J connectivity index is 2.43. The molecule has 0 saturated heterocycles. The Kier molecular flexibility index (Phi) is 3.82. The lowest BCUT2D eigenvalue weighted by Gasteiger charge is -2.25. The van der Waals surface area contributed by atoms with Crippen LogP contribution < -0.4 is 11.1 Å².